The molecular formula is C17H18BrN3O3. The molecule has 1 N–H and O–H groups in total. The number of benzene rings is 2. The number of nitrogens with zero attached hydrogens (tertiary/aromatic N) is 3. The summed E-state index contributed by atoms with van der Waals surface area (Å²) < 4.78 is 0.616. The molecule has 0 fully saturated rings. The van der Waals surface area contributed by atoms with Crippen molar-refractivity contribution in [1.29, 1.82) is 0 Å². The maximum absolute atomic E-state index is 11.1. The van der Waals surface area contributed by atoms with E-state index < -0.39 is 4.92 Å². The minimum Gasteiger partial charge on any atom is -0.508 e. The number of aromatic hydroxyl groups is 1. The Labute approximate surface area is 148 Å². The second-order valence-corrected chi connectivity index (χ2v) is 6.97. The van der Waals surface area contributed by atoms with Crippen molar-refractivity contribution in [2.45, 2.75) is 32.2 Å². The van der Waals surface area contributed by atoms with E-state index in [1.54, 1.807) is 24.3 Å². The molecule has 0 aliphatic heterocycles. The fraction of sp³-hybridized carbons (Fsp3) is 0.294. The van der Waals surface area contributed by atoms with Crippen LogP contribution in [0.15, 0.2) is 57.2 Å². The van der Waals surface area contributed by atoms with Gasteiger partial charge >= 0.3 is 0 Å². The highest BCUT2D eigenvalue weighted by atomic mass is 79.9. The number of phenolic OH excluding ortho intramolecular Hbond substituents is 1. The largest absolute Gasteiger partial charge is 0.508 e. The van der Waals surface area contributed by atoms with Crippen LogP contribution in [-0.2, 0) is 5.41 Å². The summed E-state index contributed by atoms with van der Waals surface area (Å²) in [5.41, 5.74) is 0.776. The minimum absolute atomic E-state index is 0.0947. The van der Waals surface area contributed by atoms with Crippen LogP contribution >= 0.6 is 15.9 Å². The van der Waals surface area contributed by atoms with E-state index in [2.05, 4.69) is 26.2 Å². The first-order valence-electron chi connectivity index (χ1n) is 7.36. The molecule has 24 heavy (non-hydrogen) atoms. The Kier molecular flexibility index (Phi) is 5.33. The molecule has 0 amide bonds. The Morgan fingerprint density at radius 1 is 1.21 bits per heavy atom. The van der Waals surface area contributed by atoms with Gasteiger partial charge in [0.1, 0.15) is 5.75 Å². The Hall–Kier alpha value is -2.28. The lowest BCUT2D eigenvalue weighted by Crippen LogP contribution is -2.29. The molecule has 6 nitrogen and oxygen atoms in total. The van der Waals surface area contributed by atoms with E-state index in [4.69, 9.17) is 0 Å². The van der Waals surface area contributed by atoms with E-state index in [0.29, 0.717) is 4.47 Å². The van der Waals surface area contributed by atoms with Crippen LogP contribution in [0.1, 0.15) is 26.3 Å². The smallest absolute Gasteiger partial charge is 0.297 e. The zero-order valence-corrected chi connectivity index (χ0v) is 15.2. The molecule has 2 aromatic rings. The molecule has 1 atom stereocenters. The third kappa shape index (κ3) is 3.97. The quantitative estimate of drug-likeness (QED) is 0.413. The van der Waals surface area contributed by atoms with Gasteiger partial charge in [0.25, 0.3) is 5.69 Å². The van der Waals surface area contributed by atoms with E-state index in [-0.39, 0.29) is 28.6 Å². The molecule has 0 radical (unpaired) electrons. The summed E-state index contributed by atoms with van der Waals surface area (Å²) >= 11 is 3.22. The molecule has 0 aliphatic rings. The number of nitro benzene ring substituents is 1. The van der Waals surface area contributed by atoms with Crippen molar-refractivity contribution in [3.05, 3.63) is 62.6 Å². The summed E-state index contributed by atoms with van der Waals surface area (Å²) in [6, 6.07) is 11.4. The number of halogens is 1. The number of rotatable bonds is 5. The molecule has 1 unspecified atom stereocenters. The lowest BCUT2D eigenvalue weighted by atomic mass is 9.79. The topological polar surface area (TPSA) is 88.1 Å². The third-order valence-corrected chi connectivity index (χ3v) is 4.62. The van der Waals surface area contributed by atoms with Gasteiger partial charge in [-0.3, -0.25) is 10.1 Å². The number of hydrogen-bond donors (Lipinski definition) is 1. The molecule has 126 valence electrons. The summed E-state index contributed by atoms with van der Waals surface area (Å²) in [4.78, 5) is 10.7. The molecule has 7 heteroatoms. The van der Waals surface area contributed by atoms with E-state index >= 15 is 0 Å². The van der Waals surface area contributed by atoms with Gasteiger partial charge in [0.15, 0.2) is 5.69 Å². The predicted molar refractivity (Wildman–Crippen MR) is 95.9 cm³/mol. The van der Waals surface area contributed by atoms with Crippen LogP contribution in [0, 0.1) is 10.1 Å². The van der Waals surface area contributed by atoms with Gasteiger partial charge in [-0.1, -0.05) is 41.9 Å². The highest BCUT2D eigenvalue weighted by Gasteiger charge is 2.28. The third-order valence-electron chi connectivity index (χ3n) is 4.13. The maximum atomic E-state index is 11.1. The van der Waals surface area contributed by atoms with E-state index in [1.165, 1.54) is 6.07 Å². The molecule has 0 aromatic heterocycles. The fourth-order valence-corrected chi connectivity index (χ4v) is 2.50. The summed E-state index contributed by atoms with van der Waals surface area (Å²) in [6.07, 6.45) is 0. The average Bonchev–Trinajstić information content (AvgIpc) is 2.53. The highest BCUT2D eigenvalue weighted by Crippen LogP contribution is 2.34. The molecule has 0 heterocycles. The van der Waals surface area contributed by atoms with Crippen LogP contribution in [-0.4, -0.2) is 16.1 Å². The Bertz CT molecular complexity index is 773. The van der Waals surface area contributed by atoms with Crippen LogP contribution < -0.4 is 0 Å². The normalized spacial score (nSPS) is 13.2. The van der Waals surface area contributed by atoms with E-state index in [9.17, 15) is 15.2 Å². The summed E-state index contributed by atoms with van der Waals surface area (Å²) in [5, 5.41) is 28.9. The monoisotopic (exact) mass is 391 g/mol. The second-order valence-electron chi connectivity index (χ2n) is 6.05. The summed E-state index contributed by atoms with van der Waals surface area (Å²) in [7, 11) is 0. The van der Waals surface area contributed by atoms with Crippen molar-refractivity contribution < 1.29 is 10.0 Å². The van der Waals surface area contributed by atoms with Gasteiger partial charge in [-0.05, 0) is 36.8 Å². The van der Waals surface area contributed by atoms with Crippen molar-refractivity contribution in [3.63, 3.8) is 0 Å². The summed E-state index contributed by atoms with van der Waals surface area (Å²) in [6.45, 7) is 5.93. The number of nitro groups is 1. The second kappa shape index (κ2) is 7.09. The van der Waals surface area contributed by atoms with Crippen molar-refractivity contribution in [2.24, 2.45) is 10.2 Å². The first-order valence-corrected chi connectivity index (χ1v) is 8.15. The molecule has 0 aliphatic carbocycles. The average molecular weight is 392 g/mol. The number of azo groups is 1. The van der Waals surface area contributed by atoms with Gasteiger partial charge in [-0.15, -0.1) is 5.11 Å². The van der Waals surface area contributed by atoms with Gasteiger partial charge in [-0.2, -0.15) is 5.11 Å². The first kappa shape index (κ1) is 18.1. The van der Waals surface area contributed by atoms with Crippen LogP contribution in [0.5, 0.6) is 5.75 Å². The Morgan fingerprint density at radius 2 is 1.83 bits per heavy atom. The van der Waals surface area contributed by atoms with Crippen molar-refractivity contribution >= 4 is 27.3 Å². The molecule has 2 rings (SSSR count). The van der Waals surface area contributed by atoms with E-state index in [0.717, 1.165) is 5.56 Å². The van der Waals surface area contributed by atoms with Crippen LogP contribution in [0.3, 0.4) is 0 Å². The van der Waals surface area contributed by atoms with Crippen molar-refractivity contribution in [3.8, 4) is 5.75 Å². The molecular weight excluding hydrogens is 374 g/mol. The fourth-order valence-electron chi connectivity index (χ4n) is 2.15. The zero-order chi connectivity index (χ0) is 17.9. The predicted octanol–water partition coefficient (Wildman–Crippen LogP) is 5.51. The number of hydrogen-bond acceptors (Lipinski definition) is 5. The lowest BCUT2D eigenvalue weighted by Gasteiger charge is -2.28. The Morgan fingerprint density at radius 3 is 2.42 bits per heavy atom. The highest BCUT2D eigenvalue weighted by molar-refractivity contribution is 9.10. The van der Waals surface area contributed by atoms with Crippen LogP contribution in [0.25, 0.3) is 0 Å². The molecule has 0 spiro atoms. The van der Waals surface area contributed by atoms with Crippen molar-refractivity contribution in [1.82, 2.24) is 0 Å². The van der Waals surface area contributed by atoms with Gasteiger partial charge in [0, 0.05) is 16.0 Å². The SMILES string of the molecule is CC(N=Nc1ccc(Br)cc1[N+](=O)[O-])C(C)(C)c1ccc(O)cc1. The van der Waals surface area contributed by atoms with Gasteiger partial charge in [0.05, 0.1) is 11.0 Å². The van der Waals surface area contributed by atoms with Gasteiger partial charge in [0.2, 0.25) is 0 Å². The Balaban J connectivity index is 2.28. The summed E-state index contributed by atoms with van der Waals surface area (Å²) in [5.74, 6) is 0.203. The van der Waals surface area contributed by atoms with Gasteiger partial charge in [-0.25, -0.2) is 0 Å². The number of phenols is 1. The molecule has 0 bridgehead atoms. The molecule has 2 aromatic carbocycles. The van der Waals surface area contributed by atoms with Gasteiger partial charge < -0.3 is 5.11 Å². The van der Waals surface area contributed by atoms with Crippen LogP contribution in [0.4, 0.5) is 11.4 Å². The standard InChI is InChI=1S/C17H18BrN3O3/c1-11(17(2,3)12-4-7-14(22)8-5-12)19-20-15-9-6-13(18)10-16(15)21(23)24/h4-11,22H,1-3H3. The lowest BCUT2D eigenvalue weighted by molar-refractivity contribution is -0.384. The zero-order valence-electron chi connectivity index (χ0n) is 13.6. The maximum Gasteiger partial charge on any atom is 0.297 e. The molecule has 0 saturated heterocycles. The van der Waals surface area contributed by atoms with Crippen molar-refractivity contribution in [2.75, 3.05) is 0 Å². The minimum atomic E-state index is -0.477. The van der Waals surface area contributed by atoms with Crippen LogP contribution in [0.2, 0.25) is 0 Å². The first-order chi connectivity index (χ1) is 11.2. The molecule has 0 saturated carbocycles. The van der Waals surface area contributed by atoms with E-state index in [1.807, 2.05) is 32.9 Å².